The standard InChI is InChI=1S/C18H29N5O2/c1-14(2)23-6-4-5-15(13-23)18(25)22-9-7-21(8-10-22)16-11-17(24)20(3)19-12-16/h11-12,14-15H,4-10,13H2,1-3H3/t15-/m1/s1. The summed E-state index contributed by atoms with van der Waals surface area (Å²) >= 11 is 0. The quantitative estimate of drug-likeness (QED) is 0.799. The van der Waals surface area contributed by atoms with Gasteiger partial charge in [0.25, 0.3) is 5.56 Å². The molecule has 3 rings (SSSR count). The maximum Gasteiger partial charge on any atom is 0.268 e. The van der Waals surface area contributed by atoms with Crippen molar-refractivity contribution in [3.8, 4) is 0 Å². The Hall–Kier alpha value is -1.89. The van der Waals surface area contributed by atoms with E-state index in [9.17, 15) is 9.59 Å². The molecule has 2 saturated heterocycles. The number of nitrogens with zero attached hydrogens (tertiary/aromatic N) is 5. The summed E-state index contributed by atoms with van der Waals surface area (Å²) in [5.74, 6) is 0.431. The van der Waals surface area contributed by atoms with E-state index in [-0.39, 0.29) is 11.5 Å². The fraction of sp³-hybridized carbons (Fsp3) is 0.722. The molecule has 138 valence electrons. The highest BCUT2D eigenvalue weighted by atomic mass is 16.2. The lowest BCUT2D eigenvalue weighted by molar-refractivity contribution is -0.137. The molecule has 25 heavy (non-hydrogen) atoms. The summed E-state index contributed by atoms with van der Waals surface area (Å²) in [5.41, 5.74) is 0.742. The Balaban J connectivity index is 1.57. The Bertz CT molecular complexity index is 664. The van der Waals surface area contributed by atoms with Crippen LogP contribution >= 0.6 is 0 Å². The molecule has 0 radical (unpaired) electrons. The van der Waals surface area contributed by atoms with Gasteiger partial charge in [0.05, 0.1) is 17.8 Å². The first kappa shape index (κ1) is 17.9. The van der Waals surface area contributed by atoms with Gasteiger partial charge in [-0.1, -0.05) is 0 Å². The van der Waals surface area contributed by atoms with E-state index in [4.69, 9.17) is 0 Å². The van der Waals surface area contributed by atoms with Crippen molar-refractivity contribution in [3.05, 3.63) is 22.6 Å². The summed E-state index contributed by atoms with van der Waals surface area (Å²) in [6, 6.07) is 2.12. The van der Waals surface area contributed by atoms with E-state index in [2.05, 4.69) is 28.7 Å². The van der Waals surface area contributed by atoms with E-state index in [1.54, 1.807) is 19.3 Å². The molecule has 0 spiro atoms. The van der Waals surface area contributed by atoms with Crippen LogP contribution in [0.3, 0.4) is 0 Å². The molecule has 1 amide bonds. The highest BCUT2D eigenvalue weighted by Gasteiger charge is 2.31. The van der Waals surface area contributed by atoms with Crippen LogP contribution in [0.1, 0.15) is 26.7 Å². The number of aryl methyl sites for hydroxylation is 1. The van der Waals surface area contributed by atoms with Crippen LogP contribution in [0.2, 0.25) is 0 Å². The van der Waals surface area contributed by atoms with Crippen molar-refractivity contribution in [3.63, 3.8) is 0 Å². The highest BCUT2D eigenvalue weighted by molar-refractivity contribution is 5.79. The van der Waals surface area contributed by atoms with Crippen molar-refractivity contribution in [2.45, 2.75) is 32.7 Å². The van der Waals surface area contributed by atoms with Gasteiger partial charge in [0.2, 0.25) is 5.91 Å². The number of likely N-dealkylation sites (tertiary alicyclic amines) is 1. The molecule has 0 aromatic carbocycles. The molecule has 2 aliphatic rings. The van der Waals surface area contributed by atoms with Crippen LogP contribution in [0.5, 0.6) is 0 Å². The number of amides is 1. The minimum Gasteiger partial charge on any atom is -0.367 e. The average molecular weight is 347 g/mol. The summed E-state index contributed by atoms with van der Waals surface area (Å²) in [4.78, 5) is 31.2. The summed E-state index contributed by atoms with van der Waals surface area (Å²) in [5, 5.41) is 4.08. The van der Waals surface area contributed by atoms with Crippen LogP contribution < -0.4 is 10.5 Å². The van der Waals surface area contributed by atoms with E-state index in [1.165, 1.54) is 4.68 Å². The maximum absolute atomic E-state index is 12.9. The second kappa shape index (κ2) is 7.56. The number of piperazine rings is 1. The van der Waals surface area contributed by atoms with Gasteiger partial charge in [-0.15, -0.1) is 0 Å². The van der Waals surface area contributed by atoms with Crippen LogP contribution in [0.25, 0.3) is 0 Å². The molecule has 7 nitrogen and oxygen atoms in total. The van der Waals surface area contributed by atoms with Crippen LogP contribution in [-0.4, -0.2) is 70.8 Å². The summed E-state index contributed by atoms with van der Waals surface area (Å²) in [6.07, 6.45) is 3.83. The average Bonchev–Trinajstić information content (AvgIpc) is 2.63. The third kappa shape index (κ3) is 4.03. The second-order valence-electron chi connectivity index (χ2n) is 7.42. The largest absolute Gasteiger partial charge is 0.367 e. The summed E-state index contributed by atoms with van der Waals surface area (Å²) in [7, 11) is 1.65. The zero-order chi connectivity index (χ0) is 18.0. The third-order valence-electron chi connectivity index (χ3n) is 5.44. The van der Waals surface area contributed by atoms with E-state index in [0.717, 1.165) is 44.7 Å². The molecular formula is C18H29N5O2. The lowest BCUT2D eigenvalue weighted by Crippen LogP contribution is -2.53. The van der Waals surface area contributed by atoms with Gasteiger partial charge in [-0.3, -0.25) is 9.59 Å². The molecular weight excluding hydrogens is 318 g/mol. The smallest absolute Gasteiger partial charge is 0.268 e. The van der Waals surface area contributed by atoms with E-state index >= 15 is 0 Å². The molecule has 0 N–H and O–H groups in total. The number of carbonyl (C=O) groups is 1. The van der Waals surface area contributed by atoms with Crippen molar-refractivity contribution < 1.29 is 4.79 Å². The third-order valence-corrected chi connectivity index (χ3v) is 5.44. The minimum absolute atomic E-state index is 0.105. The Labute approximate surface area is 149 Å². The first-order chi connectivity index (χ1) is 12.0. The van der Waals surface area contributed by atoms with Crippen molar-refractivity contribution >= 4 is 11.6 Å². The van der Waals surface area contributed by atoms with E-state index < -0.39 is 0 Å². The number of piperidine rings is 1. The van der Waals surface area contributed by atoms with Gasteiger partial charge >= 0.3 is 0 Å². The normalized spacial score (nSPS) is 22.5. The second-order valence-corrected chi connectivity index (χ2v) is 7.42. The summed E-state index contributed by atoms with van der Waals surface area (Å²) < 4.78 is 1.33. The fourth-order valence-electron chi connectivity index (χ4n) is 3.75. The predicted octanol–water partition coefficient (Wildman–Crippen LogP) is 0.549. The Morgan fingerprint density at radius 2 is 1.92 bits per heavy atom. The van der Waals surface area contributed by atoms with Crippen molar-refractivity contribution in [2.75, 3.05) is 44.2 Å². The van der Waals surface area contributed by atoms with Crippen molar-refractivity contribution in [1.82, 2.24) is 19.6 Å². The Kier molecular flexibility index (Phi) is 5.42. The van der Waals surface area contributed by atoms with Gasteiger partial charge in [0.15, 0.2) is 0 Å². The number of hydrogen-bond donors (Lipinski definition) is 0. The fourth-order valence-corrected chi connectivity index (χ4v) is 3.75. The monoisotopic (exact) mass is 347 g/mol. The number of aromatic nitrogens is 2. The Morgan fingerprint density at radius 3 is 2.56 bits per heavy atom. The molecule has 1 aromatic heterocycles. The Morgan fingerprint density at radius 1 is 1.20 bits per heavy atom. The molecule has 2 fully saturated rings. The zero-order valence-electron chi connectivity index (χ0n) is 15.5. The number of rotatable bonds is 3. The molecule has 0 unspecified atom stereocenters. The molecule has 0 saturated carbocycles. The van der Waals surface area contributed by atoms with E-state index in [0.29, 0.717) is 25.0 Å². The summed E-state index contributed by atoms with van der Waals surface area (Å²) in [6.45, 7) is 9.31. The zero-order valence-corrected chi connectivity index (χ0v) is 15.5. The molecule has 2 aliphatic heterocycles. The number of anilines is 1. The molecule has 7 heteroatoms. The highest BCUT2D eigenvalue weighted by Crippen LogP contribution is 2.22. The lowest BCUT2D eigenvalue weighted by Gasteiger charge is -2.40. The van der Waals surface area contributed by atoms with Crippen molar-refractivity contribution in [1.29, 1.82) is 0 Å². The topological polar surface area (TPSA) is 61.7 Å². The van der Waals surface area contributed by atoms with Gasteiger partial charge in [0.1, 0.15) is 0 Å². The van der Waals surface area contributed by atoms with Gasteiger partial charge in [-0.2, -0.15) is 5.10 Å². The number of carbonyl (C=O) groups excluding carboxylic acids is 1. The number of hydrogen-bond acceptors (Lipinski definition) is 5. The van der Waals surface area contributed by atoms with Gasteiger partial charge < -0.3 is 14.7 Å². The van der Waals surface area contributed by atoms with Gasteiger partial charge in [0, 0.05) is 51.9 Å². The SMILES string of the molecule is CC(C)N1CCC[C@@H](C(=O)N2CCN(c3cnn(C)c(=O)c3)CC2)C1. The van der Waals surface area contributed by atoms with Gasteiger partial charge in [-0.05, 0) is 33.2 Å². The minimum atomic E-state index is -0.105. The van der Waals surface area contributed by atoms with Crippen LogP contribution in [0, 0.1) is 5.92 Å². The molecule has 1 atom stereocenters. The first-order valence-corrected chi connectivity index (χ1v) is 9.27. The first-order valence-electron chi connectivity index (χ1n) is 9.27. The predicted molar refractivity (Wildman–Crippen MR) is 97.7 cm³/mol. The molecule has 1 aromatic rings. The van der Waals surface area contributed by atoms with Gasteiger partial charge in [-0.25, -0.2) is 4.68 Å². The molecule has 3 heterocycles. The van der Waals surface area contributed by atoms with Crippen molar-refractivity contribution in [2.24, 2.45) is 13.0 Å². The van der Waals surface area contributed by atoms with Crippen LogP contribution in [0.4, 0.5) is 5.69 Å². The van der Waals surface area contributed by atoms with Crippen LogP contribution in [0.15, 0.2) is 17.1 Å². The maximum atomic E-state index is 12.9. The van der Waals surface area contributed by atoms with E-state index in [1.807, 2.05) is 4.90 Å². The molecule has 0 bridgehead atoms. The lowest BCUT2D eigenvalue weighted by atomic mass is 9.95. The molecule has 0 aliphatic carbocycles. The van der Waals surface area contributed by atoms with Crippen LogP contribution in [-0.2, 0) is 11.8 Å².